The molecule has 1 aromatic rings. The Morgan fingerprint density at radius 2 is 2.11 bits per heavy atom. The highest BCUT2D eigenvalue weighted by molar-refractivity contribution is 7.80. The van der Waals surface area contributed by atoms with Gasteiger partial charge in [-0.2, -0.15) is 0 Å². The van der Waals surface area contributed by atoms with Gasteiger partial charge in [-0.1, -0.05) is 32.3 Å². The lowest BCUT2D eigenvalue weighted by atomic mass is 9.80. The molecule has 0 bridgehead atoms. The van der Waals surface area contributed by atoms with Gasteiger partial charge in [-0.3, -0.25) is 4.79 Å². The first kappa shape index (κ1) is 14.4. The van der Waals surface area contributed by atoms with Crippen LogP contribution in [0.3, 0.4) is 0 Å². The minimum atomic E-state index is 0.0335. The van der Waals surface area contributed by atoms with Crippen LogP contribution in [0.1, 0.15) is 48.5 Å². The molecule has 0 heterocycles. The fraction of sp³-hybridized carbons (Fsp3) is 0.562. The molecule has 104 valence electrons. The van der Waals surface area contributed by atoms with Crippen molar-refractivity contribution in [2.75, 3.05) is 6.54 Å². The molecule has 19 heavy (non-hydrogen) atoms. The van der Waals surface area contributed by atoms with E-state index in [4.69, 9.17) is 0 Å². The van der Waals surface area contributed by atoms with Gasteiger partial charge in [0.1, 0.15) is 0 Å². The summed E-state index contributed by atoms with van der Waals surface area (Å²) in [5.41, 5.74) is 1.75. The fourth-order valence-corrected chi connectivity index (χ4v) is 3.07. The summed E-state index contributed by atoms with van der Waals surface area (Å²) in [6.07, 6.45) is 5.18. The molecule has 3 heteroatoms. The molecule has 0 aliphatic heterocycles. The zero-order valence-electron chi connectivity index (χ0n) is 11.8. The van der Waals surface area contributed by atoms with Gasteiger partial charge in [-0.05, 0) is 42.9 Å². The summed E-state index contributed by atoms with van der Waals surface area (Å²) >= 11 is 4.30. The van der Waals surface area contributed by atoms with Gasteiger partial charge in [-0.15, -0.1) is 12.6 Å². The van der Waals surface area contributed by atoms with Crippen molar-refractivity contribution in [3.05, 3.63) is 29.3 Å². The molecule has 0 aromatic heterocycles. The molecule has 2 atom stereocenters. The Morgan fingerprint density at radius 3 is 2.84 bits per heavy atom. The van der Waals surface area contributed by atoms with E-state index in [0.29, 0.717) is 5.92 Å². The van der Waals surface area contributed by atoms with Crippen molar-refractivity contribution in [3.8, 4) is 0 Å². The minimum absolute atomic E-state index is 0.0335. The number of hydrogen-bond acceptors (Lipinski definition) is 2. The summed E-state index contributed by atoms with van der Waals surface area (Å²) in [4.78, 5) is 13.1. The van der Waals surface area contributed by atoms with E-state index in [-0.39, 0.29) is 5.91 Å². The Morgan fingerprint density at radius 1 is 1.37 bits per heavy atom. The number of rotatable bonds is 3. The van der Waals surface area contributed by atoms with E-state index in [9.17, 15) is 4.79 Å². The Labute approximate surface area is 121 Å². The molecule has 2 unspecified atom stereocenters. The fourth-order valence-electron chi connectivity index (χ4n) is 2.87. The van der Waals surface area contributed by atoms with Crippen molar-refractivity contribution in [1.29, 1.82) is 0 Å². The zero-order chi connectivity index (χ0) is 13.8. The quantitative estimate of drug-likeness (QED) is 0.808. The largest absolute Gasteiger partial charge is 0.352 e. The molecule has 1 saturated carbocycles. The molecule has 0 saturated heterocycles. The molecule has 1 aliphatic carbocycles. The maximum absolute atomic E-state index is 12.2. The average molecular weight is 277 g/mol. The first-order valence-electron chi connectivity index (χ1n) is 7.15. The number of hydrogen-bond donors (Lipinski definition) is 2. The third-order valence-electron chi connectivity index (χ3n) is 4.28. The number of amides is 1. The lowest BCUT2D eigenvalue weighted by molar-refractivity contribution is 0.0935. The SMILES string of the molecule is Cc1ccc(S)cc1C(=O)NCC1CCCCC1C. The van der Waals surface area contributed by atoms with Crippen molar-refractivity contribution < 1.29 is 4.79 Å². The standard InChI is InChI=1S/C16H23NOS/c1-11-5-3-4-6-13(11)10-17-16(18)15-9-14(19)8-7-12(15)2/h7-9,11,13,19H,3-6,10H2,1-2H3,(H,17,18). The highest BCUT2D eigenvalue weighted by Gasteiger charge is 2.22. The molecule has 2 rings (SSSR count). The summed E-state index contributed by atoms with van der Waals surface area (Å²) in [7, 11) is 0. The van der Waals surface area contributed by atoms with Crippen molar-refractivity contribution in [3.63, 3.8) is 0 Å². The van der Waals surface area contributed by atoms with Gasteiger partial charge in [0.05, 0.1) is 0 Å². The van der Waals surface area contributed by atoms with Crippen LogP contribution in [-0.2, 0) is 0 Å². The third-order valence-corrected chi connectivity index (χ3v) is 4.56. The van der Waals surface area contributed by atoms with E-state index in [1.54, 1.807) is 0 Å². The molecule has 1 N–H and O–H groups in total. The predicted octanol–water partition coefficient (Wildman–Crippen LogP) is 3.84. The number of aryl methyl sites for hydroxylation is 1. The van der Waals surface area contributed by atoms with Crippen LogP contribution in [0, 0.1) is 18.8 Å². The second kappa shape index (κ2) is 6.47. The first-order chi connectivity index (χ1) is 9.08. The third kappa shape index (κ3) is 3.75. The lowest BCUT2D eigenvalue weighted by Gasteiger charge is -2.28. The van der Waals surface area contributed by atoms with E-state index in [2.05, 4.69) is 24.9 Å². The summed E-state index contributed by atoms with van der Waals surface area (Å²) in [5, 5.41) is 3.09. The zero-order valence-corrected chi connectivity index (χ0v) is 12.7. The van der Waals surface area contributed by atoms with E-state index >= 15 is 0 Å². The minimum Gasteiger partial charge on any atom is -0.352 e. The van der Waals surface area contributed by atoms with E-state index in [0.717, 1.165) is 28.5 Å². The summed E-state index contributed by atoms with van der Waals surface area (Å²) in [6, 6.07) is 5.71. The maximum atomic E-state index is 12.2. The highest BCUT2D eigenvalue weighted by atomic mass is 32.1. The van der Waals surface area contributed by atoms with E-state index in [1.807, 2.05) is 25.1 Å². The van der Waals surface area contributed by atoms with Crippen LogP contribution in [-0.4, -0.2) is 12.5 Å². The normalized spacial score (nSPS) is 23.1. The molecule has 1 fully saturated rings. The number of thiol groups is 1. The Hall–Kier alpha value is -0.960. The molecule has 1 aromatic carbocycles. The van der Waals surface area contributed by atoms with Crippen LogP contribution in [0.4, 0.5) is 0 Å². The number of nitrogens with one attached hydrogen (secondary N) is 1. The van der Waals surface area contributed by atoms with Crippen molar-refractivity contribution in [2.24, 2.45) is 11.8 Å². The van der Waals surface area contributed by atoms with Gasteiger partial charge in [0.25, 0.3) is 5.91 Å². The molecular formula is C16H23NOS. The monoisotopic (exact) mass is 277 g/mol. The van der Waals surface area contributed by atoms with Gasteiger partial charge in [-0.25, -0.2) is 0 Å². The summed E-state index contributed by atoms with van der Waals surface area (Å²) < 4.78 is 0. The van der Waals surface area contributed by atoms with E-state index in [1.165, 1.54) is 25.7 Å². The lowest BCUT2D eigenvalue weighted by Crippen LogP contribution is -2.33. The first-order valence-corrected chi connectivity index (χ1v) is 7.60. The molecule has 1 aliphatic rings. The van der Waals surface area contributed by atoms with Gasteiger partial charge in [0.15, 0.2) is 0 Å². The number of benzene rings is 1. The van der Waals surface area contributed by atoms with Crippen LogP contribution >= 0.6 is 12.6 Å². The van der Waals surface area contributed by atoms with Crippen molar-refractivity contribution >= 4 is 18.5 Å². The molecule has 2 nitrogen and oxygen atoms in total. The Balaban J connectivity index is 1.95. The Kier molecular flexibility index (Phi) is 4.92. The molecular weight excluding hydrogens is 254 g/mol. The summed E-state index contributed by atoms with van der Waals surface area (Å²) in [5.74, 6) is 1.40. The second-order valence-electron chi connectivity index (χ2n) is 5.73. The maximum Gasteiger partial charge on any atom is 0.251 e. The number of carbonyl (C=O) groups excluding carboxylic acids is 1. The smallest absolute Gasteiger partial charge is 0.251 e. The molecule has 1 amide bonds. The summed E-state index contributed by atoms with van der Waals surface area (Å²) in [6.45, 7) is 5.07. The van der Waals surface area contributed by atoms with Crippen molar-refractivity contribution in [2.45, 2.75) is 44.4 Å². The Bertz CT molecular complexity index is 458. The van der Waals surface area contributed by atoms with Crippen LogP contribution in [0.5, 0.6) is 0 Å². The molecule has 0 radical (unpaired) electrons. The van der Waals surface area contributed by atoms with Crippen LogP contribution < -0.4 is 5.32 Å². The van der Waals surface area contributed by atoms with Gasteiger partial charge < -0.3 is 5.32 Å². The van der Waals surface area contributed by atoms with Gasteiger partial charge >= 0.3 is 0 Å². The van der Waals surface area contributed by atoms with Gasteiger partial charge in [0, 0.05) is 17.0 Å². The van der Waals surface area contributed by atoms with Gasteiger partial charge in [0.2, 0.25) is 0 Å². The van der Waals surface area contributed by atoms with E-state index < -0.39 is 0 Å². The predicted molar refractivity (Wildman–Crippen MR) is 81.9 cm³/mol. The van der Waals surface area contributed by atoms with Crippen molar-refractivity contribution in [1.82, 2.24) is 5.32 Å². The second-order valence-corrected chi connectivity index (χ2v) is 6.25. The van der Waals surface area contributed by atoms with Crippen LogP contribution in [0.15, 0.2) is 23.1 Å². The topological polar surface area (TPSA) is 29.1 Å². The highest BCUT2D eigenvalue weighted by Crippen LogP contribution is 2.29. The number of carbonyl (C=O) groups is 1. The average Bonchev–Trinajstić information content (AvgIpc) is 2.40. The van der Waals surface area contributed by atoms with Crippen LogP contribution in [0.25, 0.3) is 0 Å². The van der Waals surface area contributed by atoms with Crippen LogP contribution in [0.2, 0.25) is 0 Å². The molecule has 0 spiro atoms.